The highest BCUT2D eigenvalue weighted by Gasteiger charge is 2.28. The second-order valence-corrected chi connectivity index (χ2v) is 4.20. The van der Waals surface area contributed by atoms with E-state index in [9.17, 15) is 4.79 Å². The van der Waals surface area contributed by atoms with Crippen LogP contribution in [0.1, 0.15) is 12.8 Å². The molecule has 15 heavy (non-hydrogen) atoms. The van der Waals surface area contributed by atoms with Crippen molar-refractivity contribution in [2.75, 3.05) is 33.3 Å². The average Bonchev–Trinajstić information content (AvgIpc) is 2.56. The predicted molar refractivity (Wildman–Crippen MR) is 56.8 cm³/mol. The smallest absolute Gasteiger partial charge is 0.317 e. The van der Waals surface area contributed by atoms with Crippen molar-refractivity contribution in [2.24, 2.45) is 0 Å². The fourth-order valence-corrected chi connectivity index (χ4v) is 2.05. The molecule has 2 aliphatic rings. The molecular formula is C10H19N3O2. The molecule has 0 aromatic carbocycles. The largest absolute Gasteiger partial charge is 0.381 e. The van der Waals surface area contributed by atoms with Gasteiger partial charge in [0.2, 0.25) is 0 Å². The Morgan fingerprint density at radius 3 is 3.00 bits per heavy atom. The van der Waals surface area contributed by atoms with Crippen molar-refractivity contribution in [3.63, 3.8) is 0 Å². The standard InChI is InChI=1S/C10H19N3O2/c1-15-9-6-8(7-9)11-2-4-13-5-3-12-10(13)14/h8-9,11H,2-7H2,1H3,(H,12,14). The summed E-state index contributed by atoms with van der Waals surface area (Å²) in [5, 5.41) is 6.22. The van der Waals surface area contributed by atoms with Crippen LogP contribution in [-0.2, 0) is 4.74 Å². The summed E-state index contributed by atoms with van der Waals surface area (Å²) in [6, 6.07) is 0.654. The van der Waals surface area contributed by atoms with Crippen molar-refractivity contribution in [2.45, 2.75) is 25.0 Å². The third-order valence-corrected chi connectivity index (χ3v) is 3.19. The lowest BCUT2D eigenvalue weighted by molar-refractivity contribution is 0.0173. The Kier molecular flexibility index (Phi) is 3.43. The van der Waals surface area contributed by atoms with Gasteiger partial charge in [-0.15, -0.1) is 0 Å². The summed E-state index contributed by atoms with van der Waals surface area (Å²) >= 11 is 0. The molecule has 0 aromatic rings. The maximum absolute atomic E-state index is 11.2. The maximum Gasteiger partial charge on any atom is 0.317 e. The van der Waals surface area contributed by atoms with Crippen molar-refractivity contribution >= 4 is 6.03 Å². The molecule has 5 heteroatoms. The summed E-state index contributed by atoms with van der Waals surface area (Å²) in [4.78, 5) is 13.0. The highest BCUT2D eigenvalue weighted by Crippen LogP contribution is 2.22. The minimum absolute atomic E-state index is 0.0696. The zero-order chi connectivity index (χ0) is 10.7. The summed E-state index contributed by atoms with van der Waals surface area (Å²) < 4.78 is 5.20. The molecule has 2 rings (SSSR count). The maximum atomic E-state index is 11.2. The van der Waals surface area contributed by atoms with Gasteiger partial charge in [0.1, 0.15) is 0 Å². The SMILES string of the molecule is COC1CC(NCCN2CCNC2=O)C1. The Morgan fingerprint density at radius 2 is 2.40 bits per heavy atom. The lowest BCUT2D eigenvalue weighted by Crippen LogP contribution is -2.47. The molecule has 1 heterocycles. The van der Waals surface area contributed by atoms with Gasteiger partial charge < -0.3 is 20.3 Å². The van der Waals surface area contributed by atoms with E-state index >= 15 is 0 Å². The molecule has 2 N–H and O–H groups in total. The molecule has 0 atom stereocenters. The number of nitrogens with zero attached hydrogens (tertiary/aromatic N) is 1. The van der Waals surface area contributed by atoms with Gasteiger partial charge in [-0.1, -0.05) is 0 Å². The normalized spacial score (nSPS) is 30.2. The van der Waals surface area contributed by atoms with Gasteiger partial charge in [0.15, 0.2) is 0 Å². The van der Waals surface area contributed by atoms with Crippen molar-refractivity contribution in [1.29, 1.82) is 0 Å². The molecule has 0 spiro atoms. The van der Waals surface area contributed by atoms with Crippen LogP contribution in [0.15, 0.2) is 0 Å². The third-order valence-electron chi connectivity index (χ3n) is 3.19. The van der Waals surface area contributed by atoms with Crippen LogP contribution in [0.2, 0.25) is 0 Å². The summed E-state index contributed by atoms with van der Waals surface area (Å²) in [7, 11) is 1.76. The van der Waals surface area contributed by atoms with E-state index in [2.05, 4.69) is 10.6 Å². The molecule has 1 saturated heterocycles. The molecule has 86 valence electrons. The number of urea groups is 1. The number of nitrogens with one attached hydrogen (secondary N) is 2. The molecule has 5 nitrogen and oxygen atoms in total. The van der Waals surface area contributed by atoms with Gasteiger partial charge in [-0.2, -0.15) is 0 Å². The van der Waals surface area contributed by atoms with Crippen LogP contribution in [0.4, 0.5) is 4.79 Å². The first-order valence-electron chi connectivity index (χ1n) is 5.58. The molecule has 1 saturated carbocycles. The van der Waals surface area contributed by atoms with Crippen LogP contribution in [-0.4, -0.2) is 56.4 Å². The quantitative estimate of drug-likeness (QED) is 0.664. The molecule has 0 radical (unpaired) electrons. The van der Waals surface area contributed by atoms with E-state index in [1.54, 1.807) is 7.11 Å². The Hall–Kier alpha value is -0.810. The van der Waals surface area contributed by atoms with Gasteiger partial charge in [-0.25, -0.2) is 4.79 Å². The molecule has 2 amide bonds. The Morgan fingerprint density at radius 1 is 1.60 bits per heavy atom. The molecule has 0 aromatic heterocycles. The first-order valence-corrected chi connectivity index (χ1v) is 5.58. The molecule has 0 unspecified atom stereocenters. The van der Waals surface area contributed by atoms with Crippen molar-refractivity contribution in [3.8, 4) is 0 Å². The molecular weight excluding hydrogens is 194 g/mol. The van der Waals surface area contributed by atoms with Gasteiger partial charge in [-0.05, 0) is 12.8 Å². The second-order valence-electron chi connectivity index (χ2n) is 4.20. The fourth-order valence-electron chi connectivity index (χ4n) is 2.05. The van der Waals surface area contributed by atoms with E-state index in [1.807, 2.05) is 4.90 Å². The highest BCUT2D eigenvalue weighted by molar-refractivity contribution is 5.76. The first-order chi connectivity index (χ1) is 7.29. The van der Waals surface area contributed by atoms with E-state index in [-0.39, 0.29) is 6.03 Å². The number of ether oxygens (including phenoxy) is 1. The number of carbonyl (C=O) groups is 1. The van der Waals surface area contributed by atoms with Gasteiger partial charge in [0.05, 0.1) is 6.10 Å². The summed E-state index contributed by atoms with van der Waals surface area (Å²) in [5.74, 6) is 0. The van der Waals surface area contributed by atoms with Crippen LogP contribution in [0.5, 0.6) is 0 Å². The lowest BCUT2D eigenvalue weighted by atomic mass is 9.89. The van der Waals surface area contributed by atoms with Crippen LogP contribution in [0.25, 0.3) is 0 Å². The lowest BCUT2D eigenvalue weighted by Gasteiger charge is -2.35. The van der Waals surface area contributed by atoms with E-state index in [0.717, 1.165) is 39.0 Å². The number of hydrogen-bond acceptors (Lipinski definition) is 3. The number of rotatable bonds is 5. The van der Waals surface area contributed by atoms with Crippen molar-refractivity contribution in [1.82, 2.24) is 15.5 Å². The molecule has 0 bridgehead atoms. The Labute approximate surface area is 90.1 Å². The first kappa shape index (κ1) is 10.7. The molecule has 2 fully saturated rings. The number of methoxy groups -OCH3 is 1. The van der Waals surface area contributed by atoms with E-state index in [0.29, 0.717) is 12.1 Å². The van der Waals surface area contributed by atoms with Crippen molar-refractivity contribution in [3.05, 3.63) is 0 Å². The second kappa shape index (κ2) is 4.81. The molecule has 1 aliphatic carbocycles. The van der Waals surface area contributed by atoms with Crippen LogP contribution in [0, 0.1) is 0 Å². The Balaban J connectivity index is 1.54. The fraction of sp³-hybridized carbons (Fsp3) is 0.900. The van der Waals surface area contributed by atoms with Crippen molar-refractivity contribution < 1.29 is 9.53 Å². The number of hydrogen-bond donors (Lipinski definition) is 2. The monoisotopic (exact) mass is 213 g/mol. The Bertz CT molecular complexity index is 229. The van der Waals surface area contributed by atoms with E-state index in [1.165, 1.54) is 0 Å². The van der Waals surface area contributed by atoms with Crippen LogP contribution in [0.3, 0.4) is 0 Å². The highest BCUT2D eigenvalue weighted by atomic mass is 16.5. The van der Waals surface area contributed by atoms with Crippen LogP contribution < -0.4 is 10.6 Å². The van der Waals surface area contributed by atoms with Gasteiger partial charge in [0, 0.05) is 39.3 Å². The van der Waals surface area contributed by atoms with Gasteiger partial charge >= 0.3 is 6.03 Å². The van der Waals surface area contributed by atoms with Gasteiger partial charge in [0.25, 0.3) is 0 Å². The van der Waals surface area contributed by atoms with E-state index < -0.39 is 0 Å². The number of carbonyl (C=O) groups excluding carboxylic acids is 1. The average molecular weight is 213 g/mol. The molecule has 1 aliphatic heterocycles. The van der Waals surface area contributed by atoms with Crippen LogP contribution >= 0.6 is 0 Å². The third kappa shape index (κ3) is 2.60. The summed E-state index contributed by atoms with van der Waals surface area (Å²) in [6.07, 6.45) is 2.64. The minimum Gasteiger partial charge on any atom is -0.381 e. The summed E-state index contributed by atoms with van der Waals surface area (Å²) in [6.45, 7) is 3.31. The topological polar surface area (TPSA) is 53.6 Å². The summed E-state index contributed by atoms with van der Waals surface area (Å²) in [5.41, 5.74) is 0. The van der Waals surface area contributed by atoms with E-state index in [4.69, 9.17) is 4.74 Å². The zero-order valence-electron chi connectivity index (χ0n) is 9.16. The van der Waals surface area contributed by atoms with Gasteiger partial charge in [-0.3, -0.25) is 0 Å². The zero-order valence-corrected chi connectivity index (χ0v) is 9.16. The minimum atomic E-state index is 0.0696. The predicted octanol–water partition coefficient (Wildman–Crippen LogP) is -0.221. The number of amides is 2.